The van der Waals surface area contributed by atoms with E-state index < -0.39 is 0 Å². The molecule has 0 aliphatic rings. The summed E-state index contributed by atoms with van der Waals surface area (Å²) in [5.74, 6) is 0.869. The minimum Gasteiger partial charge on any atom is -0.478 e. The van der Waals surface area contributed by atoms with Crippen LogP contribution in [-0.4, -0.2) is 35.7 Å². The van der Waals surface area contributed by atoms with Crippen molar-refractivity contribution in [3.63, 3.8) is 0 Å². The number of anilines is 1. The van der Waals surface area contributed by atoms with Crippen LogP contribution in [-0.2, 0) is 9.53 Å². The number of ether oxygens (including phenoxy) is 2. The van der Waals surface area contributed by atoms with Gasteiger partial charge in [-0.2, -0.15) is 4.98 Å². The molecule has 0 aromatic carbocycles. The first kappa shape index (κ1) is 14.2. The molecule has 0 atom stereocenters. The number of nitrogens with zero attached hydrogens (tertiary/aromatic N) is 2. The minimum atomic E-state index is -0.178. The molecule has 0 fully saturated rings. The van der Waals surface area contributed by atoms with Gasteiger partial charge in [-0.05, 0) is 20.3 Å². The van der Waals surface area contributed by atoms with Crippen LogP contribution in [0.5, 0.6) is 5.88 Å². The van der Waals surface area contributed by atoms with Gasteiger partial charge in [0.15, 0.2) is 0 Å². The van der Waals surface area contributed by atoms with Crippen LogP contribution in [0.1, 0.15) is 26.7 Å². The maximum absolute atomic E-state index is 11.1. The van der Waals surface area contributed by atoms with E-state index in [1.54, 1.807) is 19.2 Å². The van der Waals surface area contributed by atoms with E-state index in [2.05, 4.69) is 15.3 Å². The summed E-state index contributed by atoms with van der Waals surface area (Å²) < 4.78 is 10.1. The van der Waals surface area contributed by atoms with Gasteiger partial charge in [-0.25, -0.2) is 4.98 Å². The highest BCUT2D eigenvalue weighted by atomic mass is 16.5. The molecule has 6 heteroatoms. The van der Waals surface area contributed by atoms with Gasteiger partial charge >= 0.3 is 5.97 Å². The first-order valence-corrected chi connectivity index (χ1v) is 6.11. The Hall–Kier alpha value is -1.85. The van der Waals surface area contributed by atoms with E-state index in [-0.39, 0.29) is 5.97 Å². The second-order valence-corrected chi connectivity index (χ2v) is 3.49. The van der Waals surface area contributed by atoms with Gasteiger partial charge in [0.1, 0.15) is 0 Å². The molecule has 0 amide bonds. The molecule has 0 unspecified atom stereocenters. The van der Waals surface area contributed by atoms with Crippen LogP contribution in [0, 0.1) is 0 Å². The standard InChI is InChI=1S/C12H19N3O3/c1-3-17-10-7-9-14-12(15-10)13-8-5-6-11(16)18-4-2/h7,9H,3-6,8H2,1-2H3,(H,13,14,15). The van der Waals surface area contributed by atoms with Crippen molar-refractivity contribution in [3.05, 3.63) is 12.3 Å². The number of hydrogen-bond donors (Lipinski definition) is 1. The van der Waals surface area contributed by atoms with Crippen molar-refractivity contribution in [1.82, 2.24) is 9.97 Å². The fourth-order valence-corrected chi connectivity index (χ4v) is 1.32. The molecule has 1 aromatic heterocycles. The van der Waals surface area contributed by atoms with Crippen molar-refractivity contribution < 1.29 is 14.3 Å². The largest absolute Gasteiger partial charge is 0.478 e. The first-order chi connectivity index (χ1) is 8.76. The molecule has 6 nitrogen and oxygen atoms in total. The predicted octanol–water partition coefficient (Wildman–Crippen LogP) is 1.63. The lowest BCUT2D eigenvalue weighted by molar-refractivity contribution is -0.143. The lowest BCUT2D eigenvalue weighted by Gasteiger charge is -2.06. The number of hydrogen-bond acceptors (Lipinski definition) is 6. The average Bonchev–Trinajstić information content (AvgIpc) is 2.36. The lowest BCUT2D eigenvalue weighted by atomic mass is 10.3. The Morgan fingerprint density at radius 1 is 1.39 bits per heavy atom. The molecule has 0 spiro atoms. The van der Waals surface area contributed by atoms with Gasteiger partial charge in [0.2, 0.25) is 11.8 Å². The van der Waals surface area contributed by atoms with Crippen molar-refractivity contribution in [2.24, 2.45) is 0 Å². The Bertz CT molecular complexity index is 371. The lowest BCUT2D eigenvalue weighted by Crippen LogP contribution is -2.10. The number of aromatic nitrogens is 2. The normalized spacial score (nSPS) is 9.89. The molecular weight excluding hydrogens is 234 g/mol. The van der Waals surface area contributed by atoms with Crippen LogP contribution in [0.4, 0.5) is 5.95 Å². The third kappa shape index (κ3) is 5.47. The molecule has 18 heavy (non-hydrogen) atoms. The van der Waals surface area contributed by atoms with Crippen molar-refractivity contribution in [3.8, 4) is 5.88 Å². The molecule has 0 bridgehead atoms. The molecule has 1 N–H and O–H groups in total. The first-order valence-electron chi connectivity index (χ1n) is 6.11. The van der Waals surface area contributed by atoms with Gasteiger partial charge in [0, 0.05) is 25.2 Å². The van der Waals surface area contributed by atoms with Crippen LogP contribution in [0.15, 0.2) is 12.3 Å². The summed E-state index contributed by atoms with van der Waals surface area (Å²) in [5.41, 5.74) is 0. The van der Waals surface area contributed by atoms with Crippen LogP contribution < -0.4 is 10.1 Å². The molecule has 0 aliphatic heterocycles. The van der Waals surface area contributed by atoms with Gasteiger partial charge in [0.25, 0.3) is 0 Å². The van der Waals surface area contributed by atoms with E-state index in [4.69, 9.17) is 9.47 Å². The highest BCUT2D eigenvalue weighted by Crippen LogP contribution is 2.08. The SMILES string of the molecule is CCOC(=O)CCCNc1nccc(OCC)n1. The Morgan fingerprint density at radius 2 is 2.22 bits per heavy atom. The number of nitrogens with one attached hydrogen (secondary N) is 1. The molecule has 1 rings (SSSR count). The molecule has 1 heterocycles. The van der Waals surface area contributed by atoms with Gasteiger partial charge in [-0.15, -0.1) is 0 Å². The van der Waals surface area contributed by atoms with Crippen LogP contribution in [0.2, 0.25) is 0 Å². The van der Waals surface area contributed by atoms with E-state index in [0.29, 0.717) is 44.4 Å². The van der Waals surface area contributed by atoms with Crippen molar-refractivity contribution in [2.75, 3.05) is 25.1 Å². The summed E-state index contributed by atoms with van der Waals surface area (Å²) in [6, 6.07) is 1.70. The Balaban J connectivity index is 2.26. The molecule has 0 saturated heterocycles. The van der Waals surface area contributed by atoms with E-state index in [1.165, 1.54) is 0 Å². The second kappa shape index (κ2) is 8.27. The summed E-state index contributed by atoms with van der Waals surface area (Å²) in [7, 11) is 0. The zero-order chi connectivity index (χ0) is 13.2. The number of carbonyl (C=O) groups excluding carboxylic acids is 1. The summed E-state index contributed by atoms with van der Waals surface area (Å²) in [5, 5.41) is 3.03. The Morgan fingerprint density at radius 3 is 2.94 bits per heavy atom. The van der Waals surface area contributed by atoms with Gasteiger partial charge in [0.05, 0.1) is 13.2 Å². The fraction of sp³-hybridized carbons (Fsp3) is 0.583. The summed E-state index contributed by atoms with van der Waals surface area (Å²) in [6.07, 6.45) is 2.71. The van der Waals surface area contributed by atoms with E-state index in [0.717, 1.165) is 0 Å². The molecular formula is C12H19N3O3. The Kier molecular flexibility index (Phi) is 6.53. The fourth-order valence-electron chi connectivity index (χ4n) is 1.32. The minimum absolute atomic E-state index is 0.178. The van der Waals surface area contributed by atoms with Crippen LogP contribution in [0.25, 0.3) is 0 Å². The molecule has 1 aromatic rings. The predicted molar refractivity (Wildman–Crippen MR) is 67.6 cm³/mol. The monoisotopic (exact) mass is 253 g/mol. The van der Waals surface area contributed by atoms with Gasteiger partial charge < -0.3 is 14.8 Å². The van der Waals surface area contributed by atoms with Crippen LogP contribution in [0.3, 0.4) is 0 Å². The maximum atomic E-state index is 11.1. The van der Waals surface area contributed by atoms with Crippen molar-refractivity contribution in [2.45, 2.75) is 26.7 Å². The maximum Gasteiger partial charge on any atom is 0.305 e. The van der Waals surface area contributed by atoms with Gasteiger partial charge in [-0.1, -0.05) is 0 Å². The smallest absolute Gasteiger partial charge is 0.305 e. The molecule has 0 aliphatic carbocycles. The third-order valence-corrected chi connectivity index (χ3v) is 2.07. The zero-order valence-electron chi connectivity index (χ0n) is 10.8. The van der Waals surface area contributed by atoms with Gasteiger partial charge in [-0.3, -0.25) is 4.79 Å². The third-order valence-electron chi connectivity index (χ3n) is 2.07. The number of carbonyl (C=O) groups is 1. The number of rotatable bonds is 8. The van der Waals surface area contributed by atoms with Crippen molar-refractivity contribution in [1.29, 1.82) is 0 Å². The highest BCUT2D eigenvalue weighted by molar-refractivity contribution is 5.69. The number of esters is 1. The average molecular weight is 253 g/mol. The summed E-state index contributed by atoms with van der Waals surface area (Å²) in [6.45, 7) is 5.30. The van der Waals surface area contributed by atoms with Crippen LogP contribution >= 0.6 is 0 Å². The quantitative estimate of drug-likeness (QED) is 0.560. The molecule has 0 radical (unpaired) electrons. The molecule has 0 saturated carbocycles. The van der Waals surface area contributed by atoms with Crippen molar-refractivity contribution >= 4 is 11.9 Å². The Labute approximate surface area is 107 Å². The van der Waals surface area contributed by atoms with E-state index >= 15 is 0 Å². The highest BCUT2D eigenvalue weighted by Gasteiger charge is 2.02. The summed E-state index contributed by atoms with van der Waals surface area (Å²) >= 11 is 0. The molecule has 100 valence electrons. The van der Waals surface area contributed by atoms with E-state index in [1.807, 2.05) is 6.92 Å². The second-order valence-electron chi connectivity index (χ2n) is 3.49. The zero-order valence-corrected chi connectivity index (χ0v) is 10.8. The summed E-state index contributed by atoms with van der Waals surface area (Å²) in [4.78, 5) is 19.3. The van der Waals surface area contributed by atoms with E-state index in [9.17, 15) is 4.79 Å². The topological polar surface area (TPSA) is 73.3 Å².